The zero-order chi connectivity index (χ0) is 15.0. The van der Waals surface area contributed by atoms with E-state index in [0.29, 0.717) is 0 Å². The van der Waals surface area contributed by atoms with Crippen molar-refractivity contribution < 1.29 is 0 Å². The van der Waals surface area contributed by atoms with E-state index in [1.807, 2.05) is 0 Å². The van der Waals surface area contributed by atoms with Crippen LogP contribution in [0, 0.1) is 13.8 Å². The molecule has 21 heavy (non-hydrogen) atoms. The molecule has 0 amide bonds. The SMILES string of the molecule is Cc1ccc(-c2nc(N3CCCC(N)C3C)n[nH]2)c(C)c1. The second-order valence-corrected chi connectivity index (χ2v) is 6.04. The van der Waals surface area contributed by atoms with Gasteiger partial charge in [-0.05, 0) is 39.2 Å². The number of nitrogens with two attached hydrogens (primary N) is 1. The van der Waals surface area contributed by atoms with Crippen LogP contribution >= 0.6 is 0 Å². The van der Waals surface area contributed by atoms with Crippen molar-refractivity contribution in [3.8, 4) is 11.4 Å². The first-order valence-corrected chi connectivity index (χ1v) is 7.58. The van der Waals surface area contributed by atoms with Crippen LogP contribution in [0.3, 0.4) is 0 Å². The monoisotopic (exact) mass is 285 g/mol. The first-order valence-electron chi connectivity index (χ1n) is 7.58. The molecule has 0 aliphatic carbocycles. The van der Waals surface area contributed by atoms with E-state index in [2.05, 4.69) is 59.1 Å². The Kier molecular flexibility index (Phi) is 3.68. The number of nitrogens with one attached hydrogen (secondary N) is 1. The van der Waals surface area contributed by atoms with Gasteiger partial charge in [0.1, 0.15) is 0 Å². The summed E-state index contributed by atoms with van der Waals surface area (Å²) in [4.78, 5) is 6.89. The Balaban J connectivity index is 1.89. The quantitative estimate of drug-likeness (QED) is 0.889. The van der Waals surface area contributed by atoms with Gasteiger partial charge in [0, 0.05) is 24.2 Å². The fourth-order valence-electron chi connectivity index (χ4n) is 3.04. The average Bonchev–Trinajstić information content (AvgIpc) is 2.91. The highest BCUT2D eigenvalue weighted by molar-refractivity contribution is 5.61. The fraction of sp³-hybridized carbons (Fsp3) is 0.500. The van der Waals surface area contributed by atoms with Crippen LogP contribution in [0.5, 0.6) is 0 Å². The molecule has 1 aromatic carbocycles. The summed E-state index contributed by atoms with van der Waals surface area (Å²) < 4.78 is 0. The number of aromatic nitrogens is 3. The van der Waals surface area contributed by atoms with E-state index in [1.165, 1.54) is 11.1 Å². The van der Waals surface area contributed by atoms with Crippen LogP contribution in [-0.4, -0.2) is 33.8 Å². The van der Waals surface area contributed by atoms with Crippen molar-refractivity contribution in [3.63, 3.8) is 0 Å². The summed E-state index contributed by atoms with van der Waals surface area (Å²) in [5.41, 5.74) is 9.73. The van der Waals surface area contributed by atoms with Gasteiger partial charge in [0.05, 0.1) is 0 Å². The van der Waals surface area contributed by atoms with Gasteiger partial charge in [-0.25, -0.2) is 0 Å². The molecular formula is C16H23N5. The minimum absolute atomic E-state index is 0.196. The summed E-state index contributed by atoms with van der Waals surface area (Å²) in [7, 11) is 0. The zero-order valence-corrected chi connectivity index (χ0v) is 12.9. The van der Waals surface area contributed by atoms with E-state index in [9.17, 15) is 0 Å². The second-order valence-electron chi connectivity index (χ2n) is 6.04. The lowest BCUT2D eigenvalue weighted by molar-refractivity contribution is 0.416. The molecule has 1 fully saturated rings. The van der Waals surface area contributed by atoms with Gasteiger partial charge in [0.2, 0.25) is 5.95 Å². The van der Waals surface area contributed by atoms with Gasteiger partial charge >= 0.3 is 0 Å². The number of hydrogen-bond donors (Lipinski definition) is 2. The maximum atomic E-state index is 6.16. The molecule has 3 rings (SSSR count). The lowest BCUT2D eigenvalue weighted by Gasteiger charge is -2.36. The number of aromatic amines is 1. The highest BCUT2D eigenvalue weighted by Gasteiger charge is 2.27. The number of benzene rings is 1. The van der Waals surface area contributed by atoms with Crippen molar-refractivity contribution in [1.29, 1.82) is 0 Å². The Labute approximate surface area is 125 Å². The third-order valence-corrected chi connectivity index (χ3v) is 4.42. The van der Waals surface area contributed by atoms with Crippen molar-refractivity contribution in [2.24, 2.45) is 5.73 Å². The molecule has 5 nitrogen and oxygen atoms in total. The van der Waals surface area contributed by atoms with E-state index < -0.39 is 0 Å². The molecule has 2 aromatic rings. The average molecular weight is 285 g/mol. The molecule has 2 unspecified atom stereocenters. The number of H-pyrrole nitrogens is 1. The minimum atomic E-state index is 0.196. The Hall–Kier alpha value is -1.88. The molecule has 112 valence electrons. The van der Waals surface area contributed by atoms with Crippen LogP contribution in [0.25, 0.3) is 11.4 Å². The predicted octanol–water partition coefficient (Wildman–Crippen LogP) is 2.40. The van der Waals surface area contributed by atoms with Crippen LogP contribution in [-0.2, 0) is 0 Å². The number of piperidine rings is 1. The first-order chi connectivity index (χ1) is 10.1. The van der Waals surface area contributed by atoms with Crippen LogP contribution in [0.1, 0.15) is 30.9 Å². The normalized spacial score (nSPS) is 22.6. The number of hydrogen-bond acceptors (Lipinski definition) is 4. The van der Waals surface area contributed by atoms with E-state index in [1.54, 1.807) is 0 Å². The number of anilines is 1. The summed E-state index contributed by atoms with van der Waals surface area (Å²) >= 11 is 0. The fourth-order valence-corrected chi connectivity index (χ4v) is 3.04. The topological polar surface area (TPSA) is 70.8 Å². The number of rotatable bonds is 2. The van der Waals surface area contributed by atoms with Gasteiger partial charge < -0.3 is 10.6 Å². The molecule has 0 spiro atoms. The summed E-state index contributed by atoms with van der Waals surface area (Å²) in [6.07, 6.45) is 2.17. The molecule has 0 bridgehead atoms. The Morgan fingerprint density at radius 2 is 2.14 bits per heavy atom. The number of nitrogens with zero attached hydrogens (tertiary/aromatic N) is 3. The summed E-state index contributed by atoms with van der Waals surface area (Å²) in [6, 6.07) is 6.84. The molecule has 1 aromatic heterocycles. The van der Waals surface area contributed by atoms with E-state index in [4.69, 9.17) is 5.73 Å². The third-order valence-electron chi connectivity index (χ3n) is 4.42. The molecule has 0 radical (unpaired) electrons. The second kappa shape index (κ2) is 5.48. The molecule has 2 atom stereocenters. The van der Waals surface area contributed by atoms with Gasteiger partial charge in [0.25, 0.3) is 0 Å². The van der Waals surface area contributed by atoms with Crippen molar-refractivity contribution in [2.45, 2.75) is 45.7 Å². The summed E-state index contributed by atoms with van der Waals surface area (Å²) in [5.74, 6) is 1.58. The first kappa shape index (κ1) is 14.1. The van der Waals surface area contributed by atoms with E-state index in [-0.39, 0.29) is 12.1 Å². The predicted molar refractivity (Wildman–Crippen MR) is 85.3 cm³/mol. The van der Waals surface area contributed by atoms with Crippen LogP contribution in [0.15, 0.2) is 18.2 Å². The third kappa shape index (κ3) is 2.65. The lowest BCUT2D eigenvalue weighted by Crippen LogP contribution is -2.50. The van der Waals surface area contributed by atoms with Crippen molar-refractivity contribution in [1.82, 2.24) is 15.2 Å². The lowest BCUT2D eigenvalue weighted by atomic mass is 9.99. The molecule has 3 N–H and O–H groups in total. The van der Waals surface area contributed by atoms with Gasteiger partial charge in [-0.3, -0.25) is 5.10 Å². The van der Waals surface area contributed by atoms with E-state index in [0.717, 1.165) is 36.7 Å². The summed E-state index contributed by atoms with van der Waals surface area (Å²) in [5, 5.41) is 7.47. The molecular weight excluding hydrogens is 262 g/mol. The van der Waals surface area contributed by atoms with E-state index >= 15 is 0 Å². The molecule has 0 saturated carbocycles. The van der Waals surface area contributed by atoms with Crippen LogP contribution in [0.2, 0.25) is 0 Å². The van der Waals surface area contributed by atoms with Crippen LogP contribution in [0.4, 0.5) is 5.95 Å². The highest BCUT2D eigenvalue weighted by atomic mass is 15.4. The molecule has 5 heteroatoms. The van der Waals surface area contributed by atoms with Crippen molar-refractivity contribution >= 4 is 5.95 Å². The minimum Gasteiger partial charge on any atom is -0.335 e. The molecule has 1 saturated heterocycles. The Bertz CT molecular complexity index is 633. The summed E-state index contributed by atoms with van der Waals surface area (Å²) in [6.45, 7) is 7.32. The van der Waals surface area contributed by atoms with Gasteiger partial charge in [0.15, 0.2) is 5.82 Å². The van der Waals surface area contributed by atoms with Gasteiger partial charge in [-0.15, -0.1) is 5.10 Å². The van der Waals surface area contributed by atoms with Gasteiger partial charge in [-0.1, -0.05) is 23.8 Å². The Morgan fingerprint density at radius 3 is 2.90 bits per heavy atom. The zero-order valence-electron chi connectivity index (χ0n) is 12.9. The van der Waals surface area contributed by atoms with Gasteiger partial charge in [-0.2, -0.15) is 4.98 Å². The Morgan fingerprint density at radius 1 is 1.33 bits per heavy atom. The van der Waals surface area contributed by atoms with Crippen molar-refractivity contribution in [3.05, 3.63) is 29.3 Å². The smallest absolute Gasteiger partial charge is 0.245 e. The number of aryl methyl sites for hydroxylation is 2. The largest absolute Gasteiger partial charge is 0.335 e. The van der Waals surface area contributed by atoms with Crippen LogP contribution < -0.4 is 10.6 Å². The maximum absolute atomic E-state index is 6.16. The van der Waals surface area contributed by atoms with Crippen molar-refractivity contribution in [2.75, 3.05) is 11.4 Å². The molecule has 2 heterocycles. The maximum Gasteiger partial charge on any atom is 0.245 e. The standard InChI is InChI=1S/C16H23N5/c1-10-6-7-13(11(2)9-10)15-18-16(20-19-15)21-8-4-5-14(17)12(21)3/h6-7,9,12,14H,4-5,8,17H2,1-3H3,(H,18,19,20). The molecule has 1 aliphatic heterocycles. The highest BCUT2D eigenvalue weighted by Crippen LogP contribution is 2.25. The molecule has 1 aliphatic rings.